The van der Waals surface area contributed by atoms with Crippen LogP contribution in [0.1, 0.15) is 45.7 Å². The van der Waals surface area contributed by atoms with Crippen molar-refractivity contribution in [1.29, 1.82) is 0 Å². The molecule has 0 saturated carbocycles. The van der Waals surface area contributed by atoms with Gasteiger partial charge in [-0.15, -0.1) is 0 Å². The number of halogens is 3. The second-order valence-corrected chi connectivity index (χ2v) is 10.3. The average Bonchev–Trinajstić information content (AvgIpc) is 2.91. The summed E-state index contributed by atoms with van der Waals surface area (Å²) < 4.78 is 5.55. The number of amides is 2. The monoisotopic (exact) mass is 603 g/mol. The van der Waals surface area contributed by atoms with E-state index in [0.717, 1.165) is 18.7 Å². The first-order valence-corrected chi connectivity index (χ1v) is 14.1. The Morgan fingerprint density at radius 2 is 1.40 bits per heavy atom. The number of nitrogens with zero attached hydrogens (tertiary/aromatic N) is 1. The maximum absolute atomic E-state index is 13.2. The number of ether oxygens (including phenoxy) is 1. The normalized spacial score (nSPS) is 11.7. The summed E-state index contributed by atoms with van der Waals surface area (Å²) in [6.45, 7) is 8.32. The van der Waals surface area contributed by atoms with E-state index >= 15 is 0 Å². The van der Waals surface area contributed by atoms with E-state index in [9.17, 15) is 14.4 Å². The number of aryl methyl sites for hydroxylation is 1. The van der Waals surface area contributed by atoms with Gasteiger partial charge in [0.2, 0.25) is 0 Å². The average molecular weight is 605 g/mol. The van der Waals surface area contributed by atoms with Gasteiger partial charge in [0.1, 0.15) is 12.6 Å². The van der Waals surface area contributed by atoms with Crippen molar-refractivity contribution in [3.63, 3.8) is 0 Å². The third-order valence-electron chi connectivity index (χ3n) is 6.43. The van der Waals surface area contributed by atoms with E-state index < -0.39 is 23.8 Å². The first-order chi connectivity index (χ1) is 19.1. The van der Waals surface area contributed by atoms with Crippen LogP contribution in [-0.4, -0.2) is 55.0 Å². The zero-order chi connectivity index (χ0) is 29.2. The lowest BCUT2D eigenvalue weighted by Crippen LogP contribution is -2.44. The lowest BCUT2D eigenvalue weighted by atomic mass is 10.0. The van der Waals surface area contributed by atoms with E-state index in [-0.39, 0.29) is 28.6 Å². The Balaban J connectivity index is 1.75. The predicted molar refractivity (Wildman–Crippen MR) is 161 cm³/mol. The number of carbonyl (C=O) groups excluding carboxylic acids is 3. The molecule has 3 aromatic rings. The second-order valence-electron chi connectivity index (χ2n) is 9.10. The van der Waals surface area contributed by atoms with Crippen LogP contribution in [0.2, 0.25) is 15.1 Å². The zero-order valence-electron chi connectivity index (χ0n) is 22.6. The number of benzene rings is 3. The number of esters is 1. The van der Waals surface area contributed by atoms with Gasteiger partial charge in [-0.2, -0.15) is 0 Å². The van der Waals surface area contributed by atoms with Crippen LogP contribution in [0.3, 0.4) is 0 Å². The number of anilines is 1. The van der Waals surface area contributed by atoms with Crippen molar-refractivity contribution in [2.24, 2.45) is 0 Å². The van der Waals surface area contributed by atoms with Crippen molar-refractivity contribution in [3.8, 4) is 0 Å². The van der Waals surface area contributed by atoms with Crippen LogP contribution in [0, 0.1) is 6.92 Å². The fraction of sp³-hybridized carbons (Fsp3) is 0.300. The summed E-state index contributed by atoms with van der Waals surface area (Å²) in [6, 6.07) is 15.9. The van der Waals surface area contributed by atoms with Crippen molar-refractivity contribution in [2.45, 2.75) is 33.2 Å². The Morgan fingerprint density at radius 1 is 0.825 bits per heavy atom. The maximum atomic E-state index is 13.2. The highest BCUT2D eigenvalue weighted by Crippen LogP contribution is 2.25. The van der Waals surface area contributed by atoms with E-state index in [1.807, 2.05) is 13.8 Å². The van der Waals surface area contributed by atoms with Crippen molar-refractivity contribution in [2.75, 3.05) is 31.6 Å². The van der Waals surface area contributed by atoms with Gasteiger partial charge in [0.25, 0.3) is 11.8 Å². The van der Waals surface area contributed by atoms with Gasteiger partial charge in [0.15, 0.2) is 0 Å². The molecule has 212 valence electrons. The number of carbonyl (C=O) groups is 3. The Morgan fingerprint density at radius 3 is 1.98 bits per heavy atom. The predicted octanol–water partition coefficient (Wildman–Crippen LogP) is 6.43. The summed E-state index contributed by atoms with van der Waals surface area (Å²) in [7, 11) is 0. The number of likely N-dealkylation sites (N-methyl/N-ethyl adjacent to an activating group) is 1. The van der Waals surface area contributed by atoms with Crippen LogP contribution in [0.15, 0.2) is 60.7 Å². The van der Waals surface area contributed by atoms with Gasteiger partial charge >= 0.3 is 5.97 Å². The summed E-state index contributed by atoms with van der Waals surface area (Å²) >= 11 is 18.6. The molecule has 0 aliphatic rings. The first kappa shape index (κ1) is 31.4. The lowest BCUT2D eigenvalue weighted by molar-refractivity contribution is -0.146. The van der Waals surface area contributed by atoms with E-state index in [1.165, 1.54) is 0 Å². The molecule has 3 aromatic carbocycles. The standard InChI is InChI=1S/C30H32Cl3N3O4/c1-4-36(5-2)16-17-40-30(39)25(35-28(37)26-19(3)8-6-9-22(26)31)18-20-12-14-21(15-13-20)34-29(38)27-23(32)10-7-11-24(27)33/h6-15,25H,4-5,16-18H2,1-3H3,(H,34,38)(H,35,37). The van der Waals surface area contributed by atoms with Gasteiger partial charge < -0.3 is 20.3 Å². The molecular weight excluding hydrogens is 573 g/mol. The maximum Gasteiger partial charge on any atom is 0.329 e. The third kappa shape index (κ3) is 8.45. The molecule has 0 aliphatic carbocycles. The summed E-state index contributed by atoms with van der Waals surface area (Å²) in [5.74, 6) is -1.45. The summed E-state index contributed by atoms with van der Waals surface area (Å²) in [5, 5.41) is 6.35. The summed E-state index contributed by atoms with van der Waals surface area (Å²) in [5.41, 5.74) is 2.44. The molecule has 3 rings (SSSR count). The minimum absolute atomic E-state index is 0.171. The Hall–Kier alpha value is -3.10. The topological polar surface area (TPSA) is 87.7 Å². The van der Waals surface area contributed by atoms with Gasteiger partial charge in [-0.25, -0.2) is 4.79 Å². The molecule has 0 fully saturated rings. The largest absolute Gasteiger partial charge is 0.463 e. The molecule has 0 heterocycles. The van der Waals surface area contributed by atoms with Crippen LogP contribution < -0.4 is 10.6 Å². The van der Waals surface area contributed by atoms with Crippen molar-refractivity contribution in [1.82, 2.24) is 10.2 Å². The molecule has 0 aliphatic heterocycles. The Labute approximate surface area is 249 Å². The molecule has 0 radical (unpaired) electrons. The van der Waals surface area contributed by atoms with Gasteiger partial charge in [0.05, 0.1) is 26.2 Å². The van der Waals surface area contributed by atoms with Crippen molar-refractivity contribution in [3.05, 3.63) is 98.0 Å². The van der Waals surface area contributed by atoms with E-state index in [4.69, 9.17) is 39.5 Å². The number of hydrogen-bond acceptors (Lipinski definition) is 5. The molecule has 2 amide bonds. The molecule has 0 saturated heterocycles. The van der Waals surface area contributed by atoms with Crippen molar-refractivity contribution >= 4 is 58.3 Å². The van der Waals surface area contributed by atoms with Crippen LogP contribution in [0.5, 0.6) is 0 Å². The molecule has 7 nitrogen and oxygen atoms in total. The van der Waals surface area contributed by atoms with E-state index in [2.05, 4.69) is 15.5 Å². The van der Waals surface area contributed by atoms with E-state index in [0.29, 0.717) is 28.4 Å². The summed E-state index contributed by atoms with van der Waals surface area (Å²) in [4.78, 5) is 41.1. The highest BCUT2D eigenvalue weighted by molar-refractivity contribution is 6.40. The van der Waals surface area contributed by atoms with Crippen LogP contribution in [0.25, 0.3) is 0 Å². The molecule has 2 N–H and O–H groups in total. The zero-order valence-corrected chi connectivity index (χ0v) is 24.9. The lowest BCUT2D eigenvalue weighted by Gasteiger charge is -2.21. The van der Waals surface area contributed by atoms with Crippen LogP contribution in [-0.2, 0) is 16.0 Å². The molecule has 10 heteroatoms. The minimum atomic E-state index is -0.956. The fourth-order valence-corrected chi connectivity index (χ4v) is 5.00. The molecule has 1 atom stereocenters. The van der Waals surface area contributed by atoms with E-state index in [1.54, 1.807) is 67.6 Å². The Bertz CT molecular complexity index is 1300. The molecule has 0 spiro atoms. The quantitative estimate of drug-likeness (QED) is 0.233. The number of nitrogens with one attached hydrogen (secondary N) is 2. The van der Waals surface area contributed by atoms with Crippen LogP contribution in [0.4, 0.5) is 5.69 Å². The molecular formula is C30H32Cl3N3O4. The SMILES string of the molecule is CCN(CC)CCOC(=O)C(Cc1ccc(NC(=O)c2c(Cl)cccc2Cl)cc1)NC(=O)c1c(C)cccc1Cl. The van der Waals surface area contributed by atoms with Gasteiger partial charge in [-0.3, -0.25) is 9.59 Å². The van der Waals surface area contributed by atoms with Gasteiger partial charge in [-0.05, 0) is 61.5 Å². The molecule has 40 heavy (non-hydrogen) atoms. The highest BCUT2D eigenvalue weighted by Gasteiger charge is 2.25. The Kier molecular flexibility index (Phi) is 11.8. The fourth-order valence-electron chi connectivity index (χ4n) is 4.13. The first-order valence-electron chi connectivity index (χ1n) is 12.9. The third-order valence-corrected chi connectivity index (χ3v) is 7.37. The van der Waals surface area contributed by atoms with Crippen molar-refractivity contribution < 1.29 is 19.1 Å². The second kappa shape index (κ2) is 15.1. The summed E-state index contributed by atoms with van der Waals surface area (Å²) in [6.07, 6.45) is 0.171. The van der Waals surface area contributed by atoms with Crippen LogP contribution >= 0.6 is 34.8 Å². The van der Waals surface area contributed by atoms with Gasteiger partial charge in [-0.1, -0.05) is 79.0 Å². The number of hydrogen-bond donors (Lipinski definition) is 2. The molecule has 0 bridgehead atoms. The molecule has 1 unspecified atom stereocenters. The van der Waals surface area contributed by atoms with Gasteiger partial charge in [0, 0.05) is 18.7 Å². The minimum Gasteiger partial charge on any atom is -0.463 e. The molecule has 0 aromatic heterocycles. The number of rotatable bonds is 12. The smallest absolute Gasteiger partial charge is 0.329 e. The highest BCUT2D eigenvalue weighted by atomic mass is 35.5.